The number of hydrogen-bond donors (Lipinski definition) is 1. The van der Waals surface area contributed by atoms with Crippen LogP contribution in [-0.2, 0) is 38.6 Å². The Labute approximate surface area is 523 Å². The topological polar surface area (TPSA) is 257 Å². The van der Waals surface area contributed by atoms with E-state index in [2.05, 4.69) is 38.9 Å². The Morgan fingerprint density at radius 1 is 0.756 bits per heavy atom. The number of nitrogens with one attached hydrogen (secondary N) is 1. The molecule has 1 fully saturated rings. The molecular formula is C65H81N12O13+. The van der Waals surface area contributed by atoms with E-state index in [4.69, 9.17) is 38.4 Å². The third-order valence-corrected chi connectivity index (χ3v) is 16.8. The van der Waals surface area contributed by atoms with Crippen molar-refractivity contribution in [3.8, 4) is 40.3 Å². The van der Waals surface area contributed by atoms with E-state index in [0.717, 1.165) is 104 Å². The number of piperidine rings is 1. The van der Waals surface area contributed by atoms with Crippen molar-refractivity contribution in [2.75, 3.05) is 112 Å². The number of nitriles is 1. The van der Waals surface area contributed by atoms with Crippen molar-refractivity contribution in [1.82, 2.24) is 39.0 Å². The standard InChI is InChI=1S/C65H80N12O13/c1-44-23-27-76(57(78)22-26-66)40-53(44)74(6)59-49-25-29-77(60(49)68-42-67-59)62(80)70(2)30-31-72(4)64(82)87-41-45-16-19-48(20-17-45)69-61(79)85-34-14-12-10-8-9-11-13-15-35-86-63(81)71(3)32-33-73(5)65(83)90-58-51-39-75-28-24-47-37-55-56(89-43-88-55)38-50(47)52(75)36-46(51)18-21-54(58)84-7/h16-21,25,29,36-39,42,44,53H,8-15,22-24,27-28,30-35,40-41,43H2,1-7H3/p+1/t44-,53+/m1/s1. The Balaban J connectivity index is 0.586. The van der Waals surface area contributed by atoms with Crippen LogP contribution in [0.5, 0.6) is 23.0 Å². The van der Waals surface area contributed by atoms with E-state index in [1.807, 2.05) is 36.3 Å². The van der Waals surface area contributed by atoms with Crippen LogP contribution in [0, 0.1) is 17.2 Å². The molecular weight excluding hydrogens is 1160 g/mol. The maximum atomic E-state index is 13.7. The number of carbonyl (C=O) groups is 6. The van der Waals surface area contributed by atoms with Crippen molar-refractivity contribution < 1.29 is 66.5 Å². The Hall–Kier alpha value is -9.60. The lowest BCUT2D eigenvalue weighted by molar-refractivity contribution is -0.686. The molecule has 478 valence electrons. The molecule has 3 aromatic heterocycles. The Kier molecular flexibility index (Phi) is 22.0. The summed E-state index contributed by atoms with van der Waals surface area (Å²) in [4.78, 5) is 96.3. The highest BCUT2D eigenvalue weighted by Crippen LogP contribution is 2.42. The number of likely N-dealkylation sites (tertiary alicyclic amines) is 1. The number of ether oxygens (including phenoxy) is 7. The zero-order valence-electron chi connectivity index (χ0n) is 52.4. The SMILES string of the molecule is COc1ccc2cc3[n+](cc2c1OC(=O)N(C)CCN(C)C(=O)OCCCCCCCCCCOC(=O)Nc1ccc(COC(=O)N(C)CCN(C)C(=O)n2ccc4c(N(C)[C@H]5CN(C(=O)CC#N)CC[C@H]5C)ncnc42)cc1)CCc1cc2c(cc1-3)OCO2. The van der Waals surface area contributed by atoms with Crippen LogP contribution in [0.3, 0.4) is 0 Å². The van der Waals surface area contributed by atoms with Crippen LogP contribution in [-0.4, -0.2) is 183 Å². The van der Waals surface area contributed by atoms with Crippen LogP contribution in [0.25, 0.3) is 33.1 Å². The summed E-state index contributed by atoms with van der Waals surface area (Å²) >= 11 is 0. The molecule has 2 atom stereocenters. The monoisotopic (exact) mass is 1240 g/mol. The van der Waals surface area contributed by atoms with E-state index in [9.17, 15) is 28.8 Å². The quantitative estimate of drug-likeness (QED) is 0.0318. The fourth-order valence-electron chi connectivity index (χ4n) is 11.3. The van der Waals surface area contributed by atoms with Crippen LogP contribution < -0.4 is 33.7 Å². The van der Waals surface area contributed by atoms with Gasteiger partial charge in [-0.25, -0.2) is 33.9 Å². The fraction of sp³-hybridized carbons (Fsp3) is 0.477. The zero-order chi connectivity index (χ0) is 63.8. The smallest absolute Gasteiger partial charge is 0.415 e. The molecule has 1 N–H and O–H groups in total. The number of anilines is 2. The molecule has 0 spiro atoms. The summed E-state index contributed by atoms with van der Waals surface area (Å²) in [5, 5.41) is 14.1. The van der Waals surface area contributed by atoms with E-state index in [1.165, 1.54) is 43.2 Å². The number of unbranched alkanes of at least 4 members (excludes halogenated alkanes) is 7. The lowest BCUT2D eigenvalue weighted by atomic mass is 9.92. The van der Waals surface area contributed by atoms with Crippen LogP contribution >= 0.6 is 0 Å². The van der Waals surface area contributed by atoms with E-state index >= 15 is 0 Å². The second kappa shape index (κ2) is 30.5. The number of methoxy groups -OCH3 is 1. The van der Waals surface area contributed by atoms with Crippen molar-refractivity contribution in [3.05, 3.63) is 90.5 Å². The average Bonchev–Trinajstić information content (AvgIpc) is 1.10. The molecule has 0 bridgehead atoms. The van der Waals surface area contributed by atoms with E-state index in [-0.39, 0.29) is 69.9 Å². The van der Waals surface area contributed by atoms with Crippen molar-refractivity contribution in [2.45, 2.75) is 96.7 Å². The Morgan fingerprint density at radius 2 is 1.41 bits per heavy atom. The number of hydrogen-bond acceptors (Lipinski definition) is 17. The van der Waals surface area contributed by atoms with Gasteiger partial charge in [0.05, 0.1) is 48.8 Å². The van der Waals surface area contributed by atoms with Crippen molar-refractivity contribution >= 4 is 69.6 Å². The number of nitrogens with zero attached hydrogens (tertiary/aromatic N) is 11. The number of fused-ring (bicyclic) bond motifs is 6. The first-order valence-corrected chi connectivity index (χ1v) is 30.6. The fourth-order valence-corrected chi connectivity index (χ4v) is 11.3. The predicted octanol–water partition coefficient (Wildman–Crippen LogP) is 9.46. The highest BCUT2D eigenvalue weighted by atomic mass is 16.7. The molecule has 9 rings (SSSR count). The number of amides is 6. The zero-order valence-corrected chi connectivity index (χ0v) is 52.4. The highest BCUT2D eigenvalue weighted by Gasteiger charge is 2.34. The molecule has 0 saturated carbocycles. The first-order valence-electron chi connectivity index (χ1n) is 30.6. The molecule has 0 unspecified atom stereocenters. The minimum atomic E-state index is -0.586. The third-order valence-electron chi connectivity index (χ3n) is 16.8. The summed E-state index contributed by atoms with van der Waals surface area (Å²) in [6.45, 7) is 5.58. The predicted molar refractivity (Wildman–Crippen MR) is 333 cm³/mol. The van der Waals surface area contributed by atoms with Crippen molar-refractivity contribution in [3.63, 3.8) is 0 Å². The van der Waals surface area contributed by atoms with Gasteiger partial charge in [0.2, 0.25) is 18.4 Å². The lowest BCUT2D eigenvalue weighted by Gasteiger charge is -2.42. The van der Waals surface area contributed by atoms with Crippen LogP contribution in [0.4, 0.5) is 35.5 Å². The first-order chi connectivity index (χ1) is 43.5. The largest absolute Gasteiger partial charge is 0.493 e. The second-order valence-corrected chi connectivity index (χ2v) is 23.1. The minimum Gasteiger partial charge on any atom is -0.493 e. The maximum Gasteiger partial charge on any atom is 0.415 e. The van der Waals surface area contributed by atoms with Crippen LogP contribution in [0.15, 0.2) is 79.4 Å². The summed E-state index contributed by atoms with van der Waals surface area (Å²) in [7, 11) is 9.94. The van der Waals surface area contributed by atoms with Gasteiger partial charge >= 0.3 is 30.4 Å². The molecule has 25 heteroatoms. The van der Waals surface area contributed by atoms with Gasteiger partial charge in [-0.05, 0) is 84.2 Å². The minimum absolute atomic E-state index is 0.00110. The molecule has 6 heterocycles. The van der Waals surface area contributed by atoms with Gasteiger partial charge in [-0.15, -0.1) is 0 Å². The van der Waals surface area contributed by atoms with Gasteiger partial charge in [0.1, 0.15) is 25.2 Å². The molecule has 6 aromatic rings. The van der Waals surface area contributed by atoms with Gasteiger partial charge in [0.25, 0.3) is 0 Å². The first kappa shape index (κ1) is 64.9. The summed E-state index contributed by atoms with van der Waals surface area (Å²) in [5.41, 5.74) is 4.95. The average molecular weight is 1240 g/mol. The van der Waals surface area contributed by atoms with Gasteiger partial charge in [-0.1, -0.05) is 57.6 Å². The van der Waals surface area contributed by atoms with Crippen LogP contribution in [0.2, 0.25) is 0 Å². The van der Waals surface area contributed by atoms with E-state index in [1.54, 1.807) is 75.7 Å². The summed E-state index contributed by atoms with van der Waals surface area (Å²) in [5.74, 6) is 2.92. The van der Waals surface area contributed by atoms with E-state index in [0.29, 0.717) is 65.9 Å². The van der Waals surface area contributed by atoms with E-state index < -0.39 is 24.4 Å². The Morgan fingerprint density at radius 3 is 2.11 bits per heavy atom. The second-order valence-electron chi connectivity index (χ2n) is 23.1. The number of benzene rings is 3. The summed E-state index contributed by atoms with van der Waals surface area (Å²) in [6.07, 6.45) is 11.7. The molecule has 25 nitrogen and oxygen atoms in total. The van der Waals surface area contributed by atoms with Crippen molar-refractivity contribution in [2.24, 2.45) is 5.92 Å². The number of carbonyl (C=O) groups excluding carboxylic acids is 6. The highest BCUT2D eigenvalue weighted by molar-refractivity contribution is 5.96. The molecule has 0 radical (unpaired) electrons. The molecule has 90 heavy (non-hydrogen) atoms. The lowest BCUT2D eigenvalue weighted by Crippen LogP contribution is -2.52. The molecule has 0 aliphatic carbocycles. The number of aryl methyl sites for hydroxylation is 2. The van der Waals surface area contributed by atoms with Crippen molar-refractivity contribution in [1.29, 1.82) is 5.26 Å². The number of pyridine rings is 1. The van der Waals surface area contributed by atoms with Gasteiger partial charge < -0.3 is 62.6 Å². The molecule has 3 aliphatic rings. The number of likely N-dealkylation sites (N-methyl/N-ethyl adjacent to an activating group) is 5. The molecule has 1 saturated heterocycles. The third kappa shape index (κ3) is 16.0. The van der Waals surface area contributed by atoms with Crippen LogP contribution in [0.1, 0.15) is 82.3 Å². The van der Waals surface area contributed by atoms with Gasteiger partial charge in [-0.2, -0.15) is 9.83 Å². The number of rotatable bonds is 25. The Bertz CT molecular complexity index is 3590. The normalized spacial score (nSPS) is 14.6. The molecule has 3 aliphatic heterocycles. The molecule has 6 amide bonds. The summed E-state index contributed by atoms with van der Waals surface area (Å²) < 4.78 is 42.9. The van der Waals surface area contributed by atoms with Gasteiger partial charge in [0, 0.05) is 98.9 Å². The molecule has 3 aromatic carbocycles. The summed E-state index contributed by atoms with van der Waals surface area (Å²) in [6, 6.07) is 20.1. The maximum absolute atomic E-state index is 13.7. The van der Waals surface area contributed by atoms with Gasteiger partial charge in [-0.3, -0.25) is 14.7 Å². The van der Waals surface area contributed by atoms with Gasteiger partial charge in [0.15, 0.2) is 41.4 Å². The number of aromatic nitrogens is 4.